The Labute approximate surface area is 118 Å². The summed E-state index contributed by atoms with van der Waals surface area (Å²) in [5, 5.41) is 0. The summed E-state index contributed by atoms with van der Waals surface area (Å²) in [6, 6.07) is 10.5. The van der Waals surface area contributed by atoms with Gasteiger partial charge in [0.15, 0.2) is 5.76 Å². The molecular formula is C16H18N2O2. The van der Waals surface area contributed by atoms with E-state index in [9.17, 15) is 0 Å². The van der Waals surface area contributed by atoms with Crippen LogP contribution in [0.5, 0.6) is 0 Å². The third kappa shape index (κ3) is 1.79. The average molecular weight is 270 g/mol. The van der Waals surface area contributed by atoms with E-state index in [0.29, 0.717) is 11.9 Å². The summed E-state index contributed by atoms with van der Waals surface area (Å²) in [6.07, 6.45) is 2.44. The molecule has 0 saturated carbocycles. The fraction of sp³-hybridized carbons (Fsp3) is 0.438. The molecule has 4 rings (SSSR count). The fourth-order valence-electron chi connectivity index (χ4n) is 3.43. The van der Waals surface area contributed by atoms with Crippen molar-refractivity contribution in [3.63, 3.8) is 0 Å². The lowest BCUT2D eigenvalue weighted by atomic mass is 10.0. The second-order valence-corrected chi connectivity index (χ2v) is 5.53. The van der Waals surface area contributed by atoms with Crippen molar-refractivity contribution >= 4 is 0 Å². The van der Waals surface area contributed by atoms with Crippen LogP contribution in [0.2, 0.25) is 0 Å². The molecule has 20 heavy (non-hydrogen) atoms. The van der Waals surface area contributed by atoms with Gasteiger partial charge in [-0.25, -0.2) is 4.98 Å². The van der Waals surface area contributed by atoms with E-state index < -0.39 is 0 Å². The smallest absolute Gasteiger partial charge is 0.226 e. The molecule has 0 bridgehead atoms. The Kier molecular flexibility index (Phi) is 2.86. The zero-order valence-corrected chi connectivity index (χ0v) is 11.6. The first-order chi connectivity index (χ1) is 9.86. The first-order valence-corrected chi connectivity index (χ1v) is 7.18. The molecule has 1 saturated heterocycles. The van der Waals surface area contributed by atoms with Crippen LogP contribution in [0.15, 0.2) is 34.7 Å². The molecule has 2 aromatic rings. The summed E-state index contributed by atoms with van der Waals surface area (Å²) in [5.41, 5.74) is 2.06. The first-order valence-electron chi connectivity index (χ1n) is 7.18. The molecule has 0 spiro atoms. The summed E-state index contributed by atoms with van der Waals surface area (Å²) >= 11 is 0. The highest BCUT2D eigenvalue weighted by Crippen LogP contribution is 2.40. The highest BCUT2D eigenvalue weighted by molar-refractivity contribution is 5.53. The predicted molar refractivity (Wildman–Crippen MR) is 75.1 cm³/mol. The van der Waals surface area contributed by atoms with Crippen LogP contribution < -0.4 is 0 Å². The standard InChI is InChI=1S/C16H18N2O2/c1-19-15-13-8-5-9-18(13)10-12-14(15)20-16(17-12)11-6-3-2-4-7-11/h2-4,6-7,13,15H,5,8-10H2,1H3/t13-,15-/m0/s1. The van der Waals surface area contributed by atoms with Crippen LogP contribution in [0.4, 0.5) is 0 Å². The molecule has 2 atom stereocenters. The normalized spacial score (nSPS) is 25.4. The molecule has 1 aromatic heterocycles. The average Bonchev–Trinajstić information content (AvgIpc) is 3.11. The zero-order chi connectivity index (χ0) is 13.5. The van der Waals surface area contributed by atoms with Gasteiger partial charge in [-0.1, -0.05) is 18.2 Å². The quantitative estimate of drug-likeness (QED) is 0.841. The number of hydrogen-bond donors (Lipinski definition) is 0. The van der Waals surface area contributed by atoms with Crippen LogP contribution in [0.1, 0.15) is 30.4 Å². The number of rotatable bonds is 2. The van der Waals surface area contributed by atoms with Crippen molar-refractivity contribution in [2.75, 3.05) is 13.7 Å². The number of hydrogen-bond acceptors (Lipinski definition) is 4. The molecule has 0 N–H and O–H groups in total. The predicted octanol–water partition coefficient (Wildman–Crippen LogP) is 3.01. The number of methoxy groups -OCH3 is 1. The largest absolute Gasteiger partial charge is 0.438 e. The lowest BCUT2D eigenvalue weighted by molar-refractivity contribution is -0.000329. The molecule has 1 fully saturated rings. The van der Waals surface area contributed by atoms with Crippen molar-refractivity contribution < 1.29 is 9.15 Å². The Morgan fingerprint density at radius 1 is 1.30 bits per heavy atom. The maximum atomic E-state index is 6.04. The topological polar surface area (TPSA) is 38.5 Å². The summed E-state index contributed by atoms with van der Waals surface area (Å²) in [6.45, 7) is 2.02. The Morgan fingerprint density at radius 2 is 2.15 bits per heavy atom. The van der Waals surface area contributed by atoms with Gasteiger partial charge < -0.3 is 9.15 Å². The van der Waals surface area contributed by atoms with Gasteiger partial charge in [0, 0.05) is 25.3 Å². The Hall–Kier alpha value is -1.65. The third-order valence-electron chi connectivity index (χ3n) is 4.38. The number of fused-ring (bicyclic) bond motifs is 2. The van der Waals surface area contributed by atoms with E-state index in [1.807, 2.05) is 30.3 Å². The number of nitrogens with zero attached hydrogens (tertiary/aromatic N) is 2. The van der Waals surface area contributed by atoms with Crippen LogP contribution in [0, 0.1) is 0 Å². The SMILES string of the molecule is CO[C@@H]1c2oc(-c3ccccc3)nc2CN2CCC[C@@H]12. The van der Waals surface area contributed by atoms with E-state index in [1.54, 1.807) is 7.11 Å². The molecule has 104 valence electrons. The van der Waals surface area contributed by atoms with Crippen molar-refractivity contribution in [1.29, 1.82) is 0 Å². The van der Waals surface area contributed by atoms with Gasteiger partial charge in [0.1, 0.15) is 6.10 Å². The van der Waals surface area contributed by atoms with Crippen LogP contribution in [0.25, 0.3) is 11.5 Å². The number of benzene rings is 1. The van der Waals surface area contributed by atoms with Crippen molar-refractivity contribution in [2.45, 2.75) is 31.5 Å². The maximum Gasteiger partial charge on any atom is 0.226 e. The lowest BCUT2D eigenvalue weighted by Crippen LogP contribution is -2.39. The maximum absolute atomic E-state index is 6.04. The zero-order valence-electron chi connectivity index (χ0n) is 11.6. The molecule has 4 nitrogen and oxygen atoms in total. The van der Waals surface area contributed by atoms with E-state index in [4.69, 9.17) is 14.1 Å². The van der Waals surface area contributed by atoms with Crippen molar-refractivity contribution in [3.05, 3.63) is 41.8 Å². The van der Waals surface area contributed by atoms with Gasteiger partial charge >= 0.3 is 0 Å². The summed E-state index contributed by atoms with van der Waals surface area (Å²) in [4.78, 5) is 7.16. The van der Waals surface area contributed by atoms with E-state index in [0.717, 1.165) is 30.1 Å². The van der Waals surface area contributed by atoms with E-state index in [1.165, 1.54) is 12.8 Å². The molecular weight excluding hydrogens is 252 g/mol. The fourth-order valence-corrected chi connectivity index (χ4v) is 3.43. The number of aromatic nitrogens is 1. The number of oxazole rings is 1. The Bertz CT molecular complexity index is 608. The second-order valence-electron chi connectivity index (χ2n) is 5.53. The molecule has 2 aliphatic heterocycles. The molecule has 2 aliphatic rings. The molecule has 0 radical (unpaired) electrons. The Morgan fingerprint density at radius 3 is 2.95 bits per heavy atom. The van der Waals surface area contributed by atoms with Crippen molar-refractivity contribution in [3.8, 4) is 11.5 Å². The van der Waals surface area contributed by atoms with Crippen LogP contribution >= 0.6 is 0 Å². The van der Waals surface area contributed by atoms with Crippen molar-refractivity contribution in [2.24, 2.45) is 0 Å². The van der Waals surface area contributed by atoms with Crippen LogP contribution in [-0.2, 0) is 11.3 Å². The van der Waals surface area contributed by atoms with E-state index >= 15 is 0 Å². The van der Waals surface area contributed by atoms with Crippen LogP contribution in [-0.4, -0.2) is 29.6 Å². The van der Waals surface area contributed by atoms with E-state index in [2.05, 4.69) is 4.90 Å². The minimum absolute atomic E-state index is 0.0196. The number of ether oxygens (including phenoxy) is 1. The second kappa shape index (κ2) is 4.72. The van der Waals surface area contributed by atoms with Gasteiger partial charge in [0.05, 0.1) is 5.69 Å². The molecule has 4 heteroatoms. The Balaban J connectivity index is 1.76. The van der Waals surface area contributed by atoms with Gasteiger partial charge in [0.25, 0.3) is 0 Å². The van der Waals surface area contributed by atoms with Crippen molar-refractivity contribution in [1.82, 2.24) is 9.88 Å². The third-order valence-corrected chi connectivity index (χ3v) is 4.38. The van der Waals surface area contributed by atoms with Gasteiger partial charge in [-0.05, 0) is 31.5 Å². The summed E-state index contributed by atoms with van der Waals surface area (Å²) < 4.78 is 11.7. The minimum atomic E-state index is 0.0196. The highest BCUT2D eigenvalue weighted by atomic mass is 16.5. The molecule has 3 heterocycles. The van der Waals surface area contributed by atoms with Gasteiger partial charge in [-0.3, -0.25) is 4.90 Å². The summed E-state index contributed by atoms with van der Waals surface area (Å²) in [5.74, 6) is 1.63. The first kappa shape index (κ1) is 12.1. The molecule has 0 aliphatic carbocycles. The monoisotopic (exact) mass is 270 g/mol. The van der Waals surface area contributed by atoms with Gasteiger partial charge in [0.2, 0.25) is 5.89 Å². The summed E-state index contributed by atoms with van der Waals surface area (Å²) in [7, 11) is 1.76. The molecule has 0 unspecified atom stereocenters. The minimum Gasteiger partial charge on any atom is -0.438 e. The highest BCUT2D eigenvalue weighted by Gasteiger charge is 2.41. The van der Waals surface area contributed by atoms with Gasteiger partial charge in [-0.2, -0.15) is 0 Å². The molecule has 1 aromatic carbocycles. The van der Waals surface area contributed by atoms with Gasteiger partial charge in [-0.15, -0.1) is 0 Å². The lowest BCUT2D eigenvalue weighted by Gasteiger charge is -2.33. The molecule has 0 amide bonds. The van der Waals surface area contributed by atoms with Crippen LogP contribution in [0.3, 0.4) is 0 Å². The van der Waals surface area contributed by atoms with E-state index in [-0.39, 0.29) is 6.10 Å².